The van der Waals surface area contributed by atoms with Gasteiger partial charge in [-0.05, 0) is 47.7 Å². The van der Waals surface area contributed by atoms with Crippen LogP contribution in [0.5, 0.6) is 11.5 Å². The van der Waals surface area contributed by atoms with Crippen LogP contribution in [0.25, 0.3) is 0 Å². The van der Waals surface area contributed by atoms with Crippen molar-refractivity contribution in [1.29, 1.82) is 0 Å². The van der Waals surface area contributed by atoms with E-state index in [2.05, 4.69) is 34.3 Å². The van der Waals surface area contributed by atoms with Crippen LogP contribution >= 0.6 is 11.8 Å². The van der Waals surface area contributed by atoms with Crippen molar-refractivity contribution >= 4 is 24.2 Å². The van der Waals surface area contributed by atoms with E-state index in [1.165, 1.54) is 32.0 Å². The highest BCUT2D eigenvalue weighted by molar-refractivity contribution is 7.99. The smallest absolute Gasteiger partial charge is 0.142 e. The molecule has 22 heavy (non-hydrogen) atoms. The molecule has 2 aromatic rings. The lowest BCUT2D eigenvalue weighted by Crippen LogP contribution is -2.09. The van der Waals surface area contributed by atoms with E-state index in [1.807, 2.05) is 24.2 Å². The molecule has 108 valence electrons. The highest BCUT2D eigenvalue weighted by atomic mass is 32.2. The topological polar surface area (TPSA) is 34.0 Å². The molecule has 3 aliphatic rings. The van der Waals surface area contributed by atoms with Gasteiger partial charge in [0.25, 0.3) is 0 Å². The Morgan fingerprint density at radius 1 is 0.909 bits per heavy atom. The van der Waals surface area contributed by atoms with Gasteiger partial charge < -0.3 is 4.74 Å². The van der Waals surface area contributed by atoms with Crippen LogP contribution in [0.15, 0.2) is 44.0 Å². The van der Waals surface area contributed by atoms with Crippen molar-refractivity contribution in [2.75, 3.05) is 13.1 Å². The summed E-state index contributed by atoms with van der Waals surface area (Å²) in [5, 5.41) is 0. The van der Waals surface area contributed by atoms with Gasteiger partial charge in [0.2, 0.25) is 0 Å². The lowest BCUT2D eigenvalue weighted by atomic mass is 10.0. The molecule has 0 radical (unpaired) electrons. The molecule has 0 saturated heterocycles. The number of hydrogen-bond acceptors (Lipinski definition) is 4. The van der Waals surface area contributed by atoms with E-state index in [-0.39, 0.29) is 0 Å². The minimum Gasteiger partial charge on any atom is -0.455 e. The van der Waals surface area contributed by atoms with Gasteiger partial charge in [-0.25, -0.2) is 0 Å². The SMILES string of the molecule is C1=NCCc2cc3c(cc21)Oc1ccc2c(c1S3)C=NCC2. The molecule has 0 amide bonds. The quantitative estimate of drug-likeness (QED) is 0.631. The first kappa shape index (κ1) is 12.5. The Hall–Kier alpha value is -2.07. The van der Waals surface area contributed by atoms with Gasteiger partial charge in [0, 0.05) is 31.1 Å². The summed E-state index contributed by atoms with van der Waals surface area (Å²) < 4.78 is 6.17. The molecule has 2 aromatic carbocycles. The molecule has 0 aromatic heterocycles. The highest BCUT2D eigenvalue weighted by Gasteiger charge is 2.24. The zero-order valence-corrected chi connectivity index (χ0v) is 12.8. The molecule has 3 aliphatic heterocycles. The third-order valence-electron chi connectivity index (χ3n) is 4.36. The summed E-state index contributed by atoms with van der Waals surface area (Å²) in [6.07, 6.45) is 6.00. The molecule has 0 bridgehead atoms. The monoisotopic (exact) mass is 306 g/mol. The van der Waals surface area contributed by atoms with Gasteiger partial charge in [-0.3, -0.25) is 9.98 Å². The van der Waals surface area contributed by atoms with E-state index in [4.69, 9.17) is 4.74 Å². The maximum Gasteiger partial charge on any atom is 0.142 e. The van der Waals surface area contributed by atoms with Gasteiger partial charge in [0.1, 0.15) is 11.5 Å². The lowest BCUT2D eigenvalue weighted by molar-refractivity contribution is 0.453. The Labute approximate surface area is 133 Å². The predicted molar refractivity (Wildman–Crippen MR) is 89.4 cm³/mol. The van der Waals surface area contributed by atoms with Crippen molar-refractivity contribution in [3.05, 3.63) is 46.5 Å². The lowest BCUT2D eigenvalue weighted by Gasteiger charge is -2.25. The average molecular weight is 306 g/mol. The van der Waals surface area contributed by atoms with E-state index in [9.17, 15) is 0 Å². The van der Waals surface area contributed by atoms with Gasteiger partial charge in [-0.1, -0.05) is 17.8 Å². The molecule has 0 aliphatic carbocycles. The molecule has 0 saturated carbocycles. The van der Waals surface area contributed by atoms with E-state index in [0.29, 0.717) is 0 Å². The minimum atomic E-state index is 0.885. The Morgan fingerprint density at radius 3 is 2.73 bits per heavy atom. The number of fused-ring (bicyclic) bond motifs is 5. The maximum absolute atomic E-state index is 6.17. The zero-order valence-electron chi connectivity index (χ0n) is 12.0. The molecule has 0 atom stereocenters. The number of ether oxygens (including phenoxy) is 1. The van der Waals surface area contributed by atoms with Crippen molar-refractivity contribution in [3.63, 3.8) is 0 Å². The zero-order chi connectivity index (χ0) is 14.5. The van der Waals surface area contributed by atoms with Crippen LogP contribution in [0.2, 0.25) is 0 Å². The largest absolute Gasteiger partial charge is 0.455 e. The van der Waals surface area contributed by atoms with Crippen molar-refractivity contribution in [3.8, 4) is 11.5 Å². The van der Waals surface area contributed by atoms with Gasteiger partial charge in [0.15, 0.2) is 0 Å². The third kappa shape index (κ3) is 1.83. The predicted octanol–water partition coefficient (Wildman–Crippen LogP) is 3.89. The summed E-state index contributed by atoms with van der Waals surface area (Å²) in [7, 11) is 0. The minimum absolute atomic E-state index is 0.885. The van der Waals surface area contributed by atoms with E-state index in [1.54, 1.807) is 0 Å². The van der Waals surface area contributed by atoms with E-state index in [0.717, 1.165) is 37.4 Å². The fraction of sp³-hybridized carbons (Fsp3) is 0.222. The van der Waals surface area contributed by atoms with Crippen LogP contribution in [0.1, 0.15) is 22.3 Å². The summed E-state index contributed by atoms with van der Waals surface area (Å²) in [4.78, 5) is 11.2. The molecule has 0 fully saturated rings. The van der Waals surface area contributed by atoms with Crippen molar-refractivity contribution in [1.82, 2.24) is 0 Å². The Balaban J connectivity index is 1.65. The average Bonchev–Trinajstić information content (AvgIpc) is 2.58. The van der Waals surface area contributed by atoms with Crippen LogP contribution in [0.4, 0.5) is 0 Å². The second kappa shape index (κ2) is 4.71. The van der Waals surface area contributed by atoms with Crippen molar-refractivity contribution < 1.29 is 4.74 Å². The normalized spacial score (nSPS) is 17.1. The van der Waals surface area contributed by atoms with Crippen LogP contribution in [0.3, 0.4) is 0 Å². The van der Waals surface area contributed by atoms with Crippen molar-refractivity contribution in [2.24, 2.45) is 9.98 Å². The van der Waals surface area contributed by atoms with Crippen LogP contribution in [-0.4, -0.2) is 25.5 Å². The number of aliphatic imine (C=N–C) groups is 2. The first-order valence-electron chi connectivity index (χ1n) is 7.57. The summed E-state index contributed by atoms with van der Waals surface area (Å²) in [5.41, 5.74) is 5.16. The second-order valence-corrected chi connectivity index (χ2v) is 6.79. The summed E-state index contributed by atoms with van der Waals surface area (Å²) in [6.45, 7) is 1.77. The molecular weight excluding hydrogens is 292 g/mol. The van der Waals surface area contributed by atoms with Gasteiger partial charge in [-0.2, -0.15) is 0 Å². The van der Waals surface area contributed by atoms with Crippen LogP contribution < -0.4 is 4.74 Å². The number of hydrogen-bond donors (Lipinski definition) is 0. The highest BCUT2D eigenvalue weighted by Crippen LogP contribution is 2.50. The van der Waals surface area contributed by atoms with E-state index >= 15 is 0 Å². The summed E-state index contributed by atoms with van der Waals surface area (Å²) >= 11 is 1.81. The first-order chi connectivity index (χ1) is 10.9. The number of benzene rings is 2. The molecule has 3 nitrogen and oxygen atoms in total. The van der Waals surface area contributed by atoms with Gasteiger partial charge >= 0.3 is 0 Å². The first-order valence-corrected chi connectivity index (χ1v) is 8.38. The number of nitrogens with zero attached hydrogens (tertiary/aromatic N) is 2. The van der Waals surface area contributed by atoms with Crippen LogP contribution in [0, 0.1) is 0 Å². The molecule has 0 unspecified atom stereocenters. The molecule has 4 heteroatoms. The van der Waals surface area contributed by atoms with Crippen molar-refractivity contribution in [2.45, 2.75) is 22.6 Å². The molecule has 3 heterocycles. The third-order valence-corrected chi connectivity index (χ3v) is 5.52. The Kier molecular flexibility index (Phi) is 2.67. The summed E-state index contributed by atoms with van der Waals surface area (Å²) in [6, 6.07) is 8.65. The number of rotatable bonds is 0. The van der Waals surface area contributed by atoms with Gasteiger partial charge in [0.05, 0.1) is 9.79 Å². The van der Waals surface area contributed by atoms with Crippen LogP contribution in [-0.2, 0) is 12.8 Å². The molecule has 0 N–H and O–H groups in total. The molecule has 0 spiro atoms. The maximum atomic E-state index is 6.17. The standard InChI is InChI=1S/C18H14N2OS/c1-2-15-18(14-10-20-5-3-11(1)14)22-17-8-12-4-6-19-9-13(12)7-16(17)21-15/h1-2,7-10H,3-6H2. The fourth-order valence-corrected chi connectivity index (χ4v) is 4.32. The summed E-state index contributed by atoms with van der Waals surface area (Å²) in [5.74, 6) is 1.88. The molecular formula is C18H14N2OS. The van der Waals surface area contributed by atoms with E-state index < -0.39 is 0 Å². The second-order valence-electron chi connectivity index (χ2n) is 5.74. The fourth-order valence-electron chi connectivity index (χ4n) is 3.20. The Bertz CT molecular complexity index is 855. The molecule has 5 rings (SSSR count). The Morgan fingerprint density at radius 2 is 1.77 bits per heavy atom. The van der Waals surface area contributed by atoms with Gasteiger partial charge in [-0.15, -0.1) is 0 Å².